The molecule has 0 spiro atoms. The average molecular weight is 1080 g/mol. The summed E-state index contributed by atoms with van der Waals surface area (Å²) < 4.78 is 6.47. The van der Waals surface area contributed by atoms with Crippen molar-refractivity contribution in [3.63, 3.8) is 0 Å². The smallest absolute Gasteiger partial charge is 0.113 e. The van der Waals surface area contributed by atoms with Crippen LogP contribution in [0, 0.1) is 34.5 Å². The maximum absolute atomic E-state index is 11.9. The molecule has 11 atom stereocenters. The van der Waals surface area contributed by atoms with Gasteiger partial charge in [-0.25, -0.2) is 9.97 Å². The Bertz CT molecular complexity index is 3480. The highest BCUT2D eigenvalue weighted by Gasteiger charge is 2.69. The number of hydrogen-bond donors (Lipinski definition) is 6. The molecule has 4 fully saturated rings. The molecule has 6 N–H and O–H groups in total. The van der Waals surface area contributed by atoms with E-state index in [0.717, 1.165) is 128 Å². The van der Waals surface area contributed by atoms with Crippen LogP contribution in [0.25, 0.3) is 90.9 Å². The van der Waals surface area contributed by atoms with Crippen LogP contribution in [0.15, 0.2) is 169 Å². The van der Waals surface area contributed by atoms with Gasteiger partial charge in [-0.15, -0.1) is 0 Å². The standard InChI is InChI=1S/C44H30N4.C28H44O5/c1-5-13-29(14-6-1)41-33-21-23-35(45-33)42(30-15-7-2-8-16-30)37-25-27-39(47-37)44(32-19-11-4-12-20-32)40-28-26-38(48-40)43(31-17-9-3-10-18-31)36-24-22-34(41)46-36;1-15(25(2,3)31)22(30)24-28(6,32)23-21(33-24)14-20-18-8-7-16-13-17(29)9-11-26(16,4)19(18)10-12-27(20,23)5/h1-28,45,48H;7-8,15,17,19-24,29-32H,9-14H2,1-6H3. The van der Waals surface area contributed by atoms with Crippen molar-refractivity contribution in [1.82, 2.24) is 19.9 Å². The van der Waals surface area contributed by atoms with Crippen LogP contribution in [0.3, 0.4) is 0 Å². The van der Waals surface area contributed by atoms with Crippen LogP contribution in [-0.2, 0) is 4.74 Å². The molecule has 0 radical (unpaired) electrons. The lowest BCUT2D eigenvalue weighted by Gasteiger charge is -2.55. The summed E-state index contributed by atoms with van der Waals surface area (Å²) in [5, 5.41) is 43.7. The van der Waals surface area contributed by atoms with Gasteiger partial charge < -0.3 is 35.1 Å². The molecule has 14 rings (SSSR count). The zero-order valence-electron chi connectivity index (χ0n) is 47.3. The molecule has 3 aromatic heterocycles. The van der Waals surface area contributed by atoms with Crippen molar-refractivity contribution in [2.24, 2.45) is 34.5 Å². The van der Waals surface area contributed by atoms with Crippen LogP contribution in [0.4, 0.5) is 0 Å². The summed E-state index contributed by atoms with van der Waals surface area (Å²) >= 11 is 0. The largest absolute Gasteiger partial charge is 0.393 e. The first kappa shape index (κ1) is 53.1. The second-order valence-electron chi connectivity index (χ2n) is 25.3. The van der Waals surface area contributed by atoms with Crippen molar-refractivity contribution >= 4 is 46.4 Å². The van der Waals surface area contributed by atoms with Crippen molar-refractivity contribution in [2.75, 3.05) is 0 Å². The van der Waals surface area contributed by atoms with Gasteiger partial charge in [-0.2, -0.15) is 0 Å². The number of benzene rings is 4. The second-order valence-corrected chi connectivity index (χ2v) is 25.3. The van der Waals surface area contributed by atoms with Crippen molar-refractivity contribution in [2.45, 2.75) is 116 Å². The number of nitrogens with one attached hydrogen (secondary N) is 2. The third-order valence-electron chi connectivity index (χ3n) is 20.0. The molecule has 8 bridgehead atoms. The zero-order chi connectivity index (χ0) is 56.0. The van der Waals surface area contributed by atoms with Crippen LogP contribution in [0.5, 0.6) is 0 Å². The summed E-state index contributed by atoms with van der Waals surface area (Å²) in [4.78, 5) is 18.3. The molecule has 11 unspecified atom stereocenters. The Labute approximate surface area is 475 Å². The van der Waals surface area contributed by atoms with Gasteiger partial charge in [-0.3, -0.25) is 0 Å². The molecule has 3 saturated carbocycles. The van der Waals surface area contributed by atoms with Crippen LogP contribution >= 0.6 is 0 Å². The number of hydrogen-bond acceptors (Lipinski definition) is 7. The van der Waals surface area contributed by atoms with E-state index in [2.05, 4.69) is 182 Å². The molecule has 6 heterocycles. The first-order valence-corrected chi connectivity index (χ1v) is 29.3. The Morgan fingerprint density at radius 3 is 1.41 bits per heavy atom. The monoisotopic (exact) mass is 1070 g/mol. The van der Waals surface area contributed by atoms with Gasteiger partial charge in [-0.05, 0) is 153 Å². The van der Waals surface area contributed by atoms with E-state index in [9.17, 15) is 20.4 Å². The highest BCUT2D eigenvalue weighted by atomic mass is 16.5. The lowest BCUT2D eigenvalue weighted by atomic mass is 9.49. The van der Waals surface area contributed by atoms with Crippen LogP contribution in [0.1, 0.15) is 103 Å². The molecule has 1 saturated heterocycles. The van der Waals surface area contributed by atoms with Crippen molar-refractivity contribution in [3.8, 4) is 44.5 Å². The Morgan fingerprint density at radius 2 is 1.00 bits per heavy atom. The van der Waals surface area contributed by atoms with Crippen molar-refractivity contribution in [3.05, 3.63) is 192 Å². The van der Waals surface area contributed by atoms with Gasteiger partial charge in [0.1, 0.15) is 6.10 Å². The van der Waals surface area contributed by atoms with E-state index in [0.29, 0.717) is 11.8 Å². The number of fused-ring (bicyclic) bond motifs is 15. The normalized spacial score (nSPS) is 27.9. The molecule has 4 aromatic carbocycles. The van der Waals surface area contributed by atoms with Gasteiger partial charge in [0.15, 0.2) is 0 Å². The summed E-state index contributed by atoms with van der Waals surface area (Å²) in [6.45, 7) is 11.8. The maximum Gasteiger partial charge on any atom is 0.113 e. The molecule has 9 heteroatoms. The minimum atomic E-state index is -1.16. The maximum atomic E-state index is 11.9. The highest BCUT2D eigenvalue weighted by Crippen LogP contribution is 2.69. The molecule has 4 aliphatic carbocycles. The molecular weight excluding hydrogens is 1000 g/mol. The van der Waals surface area contributed by atoms with Gasteiger partial charge in [0.25, 0.3) is 0 Å². The fraction of sp³-hybridized carbons (Fsp3) is 0.333. The minimum Gasteiger partial charge on any atom is -0.393 e. The average Bonchev–Trinajstić information content (AvgIpc) is 2.42. The highest BCUT2D eigenvalue weighted by molar-refractivity contribution is 5.99. The van der Waals surface area contributed by atoms with Gasteiger partial charge in [0.05, 0.1) is 52.3 Å². The predicted molar refractivity (Wildman–Crippen MR) is 328 cm³/mol. The van der Waals surface area contributed by atoms with E-state index in [1.807, 2.05) is 38.1 Å². The van der Waals surface area contributed by atoms with E-state index in [-0.39, 0.29) is 29.0 Å². The molecular formula is C72H74N4O5. The third kappa shape index (κ3) is 9.13. The summed E-state index contributed by atoms with van der Waals surface area (Å²) in [6.07, 6.45) is 16.9. The van der Waals surface area contributed by atoms with E-state index in [1.165, 1.54) is 11.1 Å². The molecule has 0 amide bonds. The van der Waals surface area contributed by atoms with Gasteiger partial charge >= 0.3 is 0 Å². The number of aromatic amines is 2. The quantitative estimate of drug-likeness (QED) is 0.0931. The summed E-state index contributed by atoms with van der Waals surface area (Å²) in [7, 11) is 0. The van der Waals surface area contributed by atoms with Gasteiger partial charge in [0.2, 0.25) is 0 Å². The molecule has 9 nitrogen and oxygen atoms in total. The third-order valence-corrected chi connectivity index (χ3v) is 20.0. The SMILES string of the molecule is C1=Cc2nc1c(-c1ccccc1)c1ccc([nH]1)c(-c1ccccc1)c1nc(c(-c3ccccc3)c3ccc([nH]3)c2-c2ccccc2)C=C1.CC(C(O)C1OC2CC3C4=CC=C5CC(O)CCC5(C)C4CCC3(C)C2C1(C)O)C(C)(C)O. The van der Waals surface area contributed by atoms with Crippen LogP contribution in [-0.4, -0.2) is 76.0 Å². The van der Waals surface area contributed by atoms with Gasteiger partial charge in [-0.1, -0.05) is 165 Å². The number of allylic oxidation sites excluding steroid dienone is 3. The summed E-state index contributed by atoms with van der Waals surface area (Å²) in [5.74, 6) is 0.405. The fourth-order valence-electron chi connectivity index (χ4n) is 15.6. The van der Waals surface area contributed by atoms with E-state index < -0.39 is 29.3 Å². The number of rotatable bonds is 7. The van der Waals surface area contributed by atoms with E-state index in [4.69, 9.17) is 14.7 Å². The number of aliphatic hydroxyl groups excluding tert-OH is 2. The molecule has 3 aliphatic heterocycles. The lowest BCUT2D eigenvalue weighted by molar-refractivity contribution is -0.155. The molecule has 81 heavy (non-hydrogen) atoms. The number of aromatic nitrogens is 4. The zero-order valence-corrected chi connectivity index (χ0v) is 47.3. The van der Waals surface area contributed by atoms with E-state index in [1.54, 1.807) is 13.8 Å². The molecule has 7 aliphatic rings. The number of nitrogens with zero attached hydrogens (tertiary/aromatic N) is 2. The Balaban J connectivity index is 0.000000164. The summed E-state index contributed by atoms with van der Waals surface area (Å²) in [5.41, 5.74) is 16.9. The predicted octanol–water partition coefficient (Wildman–Crippen LogP) is 15.1. The minimum absolute atomic E-state index is 0.0446. The van der Waals surface area contributed by atoms with E-state index >= 15 is 0 Å². The van der Waals surface area contributed by atoms with Crippen LogP contribution in [0.2, 0.25) is 0 Å². The lowest BCUT2D eigenvalue weighted by Crippen LogP contribution is -2.56. The topological polar surface area (TPSA) is 148 Å². The molecule has 7 aromatic rings. The Kier molecular flexibility index (Phi) is 13.3. The second kappa shape index (κ2) is 20.3. The fourth-order valence-corrected chi connectivity index (χ4v) is 15.6. The first-order valence-electron chi connectivity index (χ1n) is 29.3. The Hall–Kier alpha value is -7.24. The Morgan fingerprint density at radius 1 is 0.580 bits per heavy atom. The van der Waals surface area contributed by atoms with Gasteiger partial charge in [0, 0.05) is 56.2 Å². The number of aliphatic hydroxyl groups is 4. The van der Waals surface area contributed by atoms with Crippen LogP contribution < -0.4 is 0 Å². The van der Waals surface area contributed by atoms with Crippen molar-refractivity contribution < 1.29 is 25.2 Å². The first-order chi connectivity index (χ1) is 39.0. The van der Waals surface area contributed by atoms with Crippen molar-refractivity contribution in [1.29, 1.82) is 0 Å². The summed E-state index contributed by atoms with van der Waals surface area (Å²) in [6, 6.07) is 50.7. The number of H-pyrrole nitrogens is 2. The molecule has 412 valence electrons. The number of ether oxygens (including phenoxy) is 1.